The van der Waals surface area contributed by atoms with E-state index in [2.05, 4.69) is 199 Å². The highest BCUT2D eigenvalue weighted by Gasteiger charge is 2.51. The third-order valence-corrected chi connectivity index (χ3v) is 13.8. The van der Waals surface area contributed by atoms with E-state index in [4.69, 9.17) is 4.42 Å². The molecule has 2 aromatic heterocycles. The van der Waals surface area contributed by atoms with E-state index in [9.17, 15) is 0 Å². The molecular formula is C55H33NOS. The van der Waals surface area contributed by atoms with Gasteiger partial charge in [-0.05, 0) is 98.6 Å². The van der Waals surface area contributed by atoms with Gasteiger partial charge in [0.15, 0.2) is 0 Å². The maximum atomic E-state index is 6.55. The smallest absolute Gasteiger partial charge is 0.137 e. The highest BCUT2D eigenvalue weighted by molar-refractivity contribution is 7.25. The molecule has 0 saturated carbocycles. The summed E-state index contributed by atoms with van der Waals surface area (Å²) < 4.78 is 9.14. The van der Waals surface area contributed by atoms with Gasteiger partial charge in [-0.1, -0.05) is 146 Å². The van der Waals surface area contributed by atoms with Crippen molar-refractivity contribution >= 4 is 70.5 Å². The van der Waals surface area contributed by atoms with E-state index in [1.807, 2.05) is 17.4 Å². The molecule has 2 heterocycles. The van der Waals surface area contributed by atoms with Crippen molar-refractivity contribution in [2.45, 2.75) is 5.41 Å². The molecule has 0 fully saturated rings. The minimum atomic E-state index is -0.400. The average molecular weight is 756 g/mol. The molecule has 0 aliphatic heterocycles. The van der Waals surface area contributed by atoms with Crippen molar-refractivity contribution in [3.63, 3.8) is 0 Å². The molecule has 11 aromatic rings. The third kappa shape index (κ3) is 4.21. The Kier molecular flexibility index (Phi) is 6.56. The second-order valence-electron chi connectivity index (χ2n) is 15.5. The lowest BCUT2D eigenvalue weighted by Gasteiger charge is -2.31. The third-order valence-electron chi connectivity index (χ3n) is 12.7. The van der Waals surface area contributed by atoms with Crippen molar-refractivity contribution in [3.05, 3.63) is 222 Å². The first-order chi connectivity index (χ1) is 28.8. The van der Waals surface area contributed by atoms with Crippen LogP contribution >= 0.6 is 11.3 Å². The average Bonchev–Trinajstić information content (AvgIpc) is 4.02. The lowest BCUT2D eigenvalue weighted by molar-refractivity contribution is 0.669. The van der Waals surface area contributed by atoms with E-state index >= 15 is 0 Å². The summed E-state index contributed by atoms with van der Waals surface area (Å²) in [7, 11) is 0. The lowest BCUT2D eigenvalue weighted by atomic mass is 9.70. The van der Waals surface area contributed by atoms with Crippen LogP contribution in [0.1, 0.15) is 22.3 Å². The van der Waals surface area contributed by atoms with Crippen LogP contribution in [-0.4, -0.2) is 0 Å². The number of para-hydroxylation sites is 2. The Morgan fingerprint density at radius 2 is 0.897 bits per heavy atom. The monoisotopic (exact) mass is 755 g/mol. The van der Waals surface area contributed by atoms with Gasteiger partial charge < -0.3 is 9.32 Å². The van der Waals surface area contributed by atoms with Crippen molar-refractivity contribution in [2.75, 3.05) is 4.90 Å². The number of furan rings is 1. The molecule has 1 spiro atoms. The highest BCUT2D eigenvalue weighted by atomic mass is 32.1. The Morgan fingerprint density at radius 3 is 1.67 bits per heavy atom. The van der Waals surface area contributed by atoms with Gasteiger partial charge in [-0.25, -0.2) is 0 Å². The summed E-state index contributed by atoms with van der Waals surface area (Å²) in [6.45, 7) is 0. The molecule has 9 aromatic carbocycles. The SMILES string of the molecule is c1ccc(N(c2ccc3c(c2)-c2ccccc2C32c3ccccc3-c3ccccc32)c2ccc3c(c2)oc2ccccc23)c(-c2cccc3sc4ccccc4c23)c1. The van der Waals surface area contributed by atoms with Crippen LogP contribution in [0.2, 0.25) is 0 Å². The normalized spacial score (nSPS) is 13.3. The molecule has 2 aliphatic carbocycles. The Balaban J connectivity index is 1.09. The molecule has 0 atom stereocenters. The van der Waals surface area contributed by atoms with Crippen molar-refractivity contribution in [1.82, 2.24) is 0 Å². The highest BCUT2D eigenvalue weighted by Crippen LogP contribution is 2.63. The number of hydrogen-bond acceptors (Lipinski definition) is 3. The summed E-state index contributed by atoms with van der Waals surface area (Å²) in [5.74, 6) is 0. The molecule has 58 heavy (non-hydrogen) atoms. The van der Waals surface area contributed by atoms with Crippen LogP contribution in [0.5, 0.6) is 0 Å². The fourth-order valence-electron chi connectivity index (χ4n) is 10.4. The second-order valence-corrected chi connectivity index (χ2v) is 16.6. The van der Waals surface area contributed by atoms with Crippen molar-refractivity contribution < 1.29 is 4.42 Å². The topological polar surface area (TPSA) is 16.4 Å². The molecule has 2 nitrogen and oxygen atoms in total. The maximum absolute atomic E-state index is 6.55. The zero-order valence-electron chi connectivity index (χ0n) is 31.3. The van der Waals surface area contributed by atoms with E-state index < -0.39 is 5.41 Å². The predicted molar refractivity (Wildman–Crippen MR) is 243 cm³/mol. The van der Waals surface area contributed by atoms with Gasteiger partial charge in [0.05, 0.1) is 11.1 Å². The van der Waals surface area contributed by atoms with E-state index in [0.717, 1.165) is 39.0 Å². The molecule has 0 bridgehead atoms. The first-order valence-electron chi connectivity index (χ1n) is 19.9. The first kappa shape index (κ1) is 31.9. The summed E-state index contributed by atoms with van der Waals surface area (Å²) in [5, 5.41) is 4.83. The molecule has 3 heteroatoms. The van der Waals surface area contributed by atoms with Gasteiger partial charge in [-0.2, -0.15) is 0 Å². The van der Waals surface area contributed by atoms with Crippen LogP contribution in [-0.2, 0) is 5.41 Å². The fourth-order valence-corrected chi connectivity index (χ4v) is 11.5. The fraction of sp³-hybridized carbons (Fsp3) is 0.0182. The summed E-state index contributed by atoms with van der Waals surface area (Å²) >= 11 is 1.86. The zero-order valence-corrected chi connectivity index (χ0v) is 32.1. The molecule has 0 N–H and O–H groups in total. The number of fused-ring (bicyclic) bond motifs is 16. The van der Waals surface area contributed by atoms with Crippen molar-refractivity contribution in [2.24, 2.45) is 0 Å². The van der Waals surface area contributed by atoms with E-state index in [1.165, 1.54) is 75.8 Å². The second kappa shape index (κ2) is 11.9. The Bertz CT molecular complexity index is 3450. The quantitative estimate of drug-likeness (QED) is 0.178. The Morgan fingerprint density at radius 1 is 0.362 bits per heavy atom. The van der Waals surface area contributed by atoms with E-state index in [1.54, 1.807) is 0 Å². The molecule has 0 amide bonds. The molecular weight excluding hydrogens is 723 g/mol. The Labute approximate surface area is 339 Å². The van der Waals surface area contributed by atoms with Crippen LogP contribution in [0, 0.1) is 0 Å². The number of hydrogen-bond donors (Lipinski definition) is 0. The number of anilines is 3. The molecule has 0 radical (unpaired) electrons. The number of nitrogens with zero attached hydrogens (tertiary/aromatic N) is 1. The standard InChI is InChI=1S/C55H33NOS/c1-7-21-45-36(14-1)37-15-2-8-22-46(37)55(45)47-23-9-3-16-38(47)44-32-34(29-31-48(44)55)56(35-28-30-41-40-18-5-11-25-50(40)57-51(41)33-35)49-24-10-4-17-39(49)42-20-13-27-53-54(42)43-19-6-12-26-52(43)58-53/h1-33H. The number of benzene rings is 9. The van der Waals surface area contributed by atoms with Crippen LogP contribution in [0.4, 0.5) is 17.1 Å². The van der Waals surface area contributed by atoms with Gasteiger partial charge in [-0.15, -0.1) is 11.3 Å². The predicted octanol–water partition coefficient (Wildman–Crippen LogP) is 15.4. The number of rotatable bonds is 4. The zero-order chi connectivity index (χ0) is 38.0. The Hall–Kier alpha value is -7.20. The van der Waals surface area contributed by atoms with E-state index in [-0.39, 0.29) is 0 Å². The summed E-state index contributed by atoms with van der Waals surface area (Å²) in [5.41, 5.74) is 17.6. The van der Waals surface area contributed by atoms with Crippen LogP contribution < -0.4 is 4.90 Å². The van der Waals surface area contributed by atoms with Crippen molar-refractivity contribution in [3.8, 4) is 33.4 Å². The van der Waals surface area contributed by atoms with Crippen LogP contribution in [0.15, 0.2) is 205 Å². The van der Waals surface area contributed by atoms with Gasteiger partial charge in [-0.3, -0.25) is 0 Å². The van der Waals surface area contributed by atoms with Gasteiger partial charge in [0, 0.05) is 53.9 Å². The molecule has 2 aliphatic rings. The van der Waals surface area contributed by atoms with Crippen LogP contribution in [0.25, 0.3) is 75.5 Å². The van der Waals surface area contributed by atoms with Gasteiger partial charge in [0.1, 0.15) is 11.2 Å². The number of thiophene rings is 1. The molecule has 0 saturated heterocycles. The maximum Gasteiger partial charge on any atom is 0.137 e. The van der Waals surface area contributed by atoms with Crippen LogP contribution in [0.3, 0.4) is 0 Å². The van der Waals surface area contributed by atoms with Gasteiger partial charge >= 0.3 is 0 Å². The largest absolute Gasteiger partial charge is 0.456 e. The summed E-state index contributed by atoms with van der Waals surface area (Å²) in [6.07, 6.45) is 0. The van der Waals surface area contributed by atoms with Gasteiger partial charge in [0.25, 0.3) is 0 Å². The van der Waals surface area contributed by atoms with Crippen molar-refractivity contribution in [1.29, 1.82) is 0 Å². The minimum Gasteiger partial charge on any atom is -0.456 e. The first-order valence-corrected chi connectivity index (χ1v) is 20.7. The molecule has 0 unspecified atom stereocenters. The lowest BCUT2D eigenvalue weighted by Crippen LogP contribution is -2.25. The summed E-state index contributed by atoms with van der Waals surface area (Å²) in [4.78, 5) is 2.44. The molecule has 13 rings (SSSR count). The molecule has 270 valence electrons. The summed E-state index contributed by atoms with van der Waals surface area (Å²) in [6, 6.07) is 73.7. The van der Waals surface area contributed by atoms with Gasteiger partial charge in [0.2, 0.25) is 0 Å². The van der Waals surface area contributed by atoms with E-state index in [0.29, 0.717) is 0 Å². The minimum absolute atomic E-state index is 0.400.